The van der Waals surface area contributed by atoms with Gasteiger partial charge in [0.25, 0.3) is 5.56 Å². The zero-order valence-electron chi connectivity index (χ0n) is 5.38. The van der Waals surface area contributed by atoms with Gasteiger partial charge in [0.05, 0.1) is 6.33 Å². The third-order valence-electron chi connectivity index (χ3n) is 1.43. The number of rotatable bonds is 0. The smallest absolute Gasteiger partial charge is 0.278 e. The van der Waals surface area contributed by atoms with Crippen LogP contribution < -0.4 is 5.56 Å². The first-order chi connectivity index (χ1) is 4.79. The molecule has 0 aliphatic heterocycles. The van der Waals surface area contributed by atoms with Crippen molar-refractivity contribution in [2.75, 3.05) is 0 Å². The molecule has 2 N–H and O–H groups in total. The molecule has 52 valence electrons. The fraction of sp³-hybridized carbons (Fsp3) is 0.200. The maximum atomic E-state index is 10.9. The molecule has 5 heteroatoms. The van der Waals surface area contributed by atoms with Gasteiger partial charge in [0.15, 0.2) is 11.2 Å². The van der Waals surface area contributed by atoms with E-state index >= 15 is 0 Å². The molecule has 0 saturated carbocycles. The lowest BCUT2D eigenvalue weighted by Gasteiger charge is -2.07. The standard InChI is InChI=1S/C5H6N4O/c1-9-4-3(8-9)5(10)7-2-6-4/h2,8H,1H3,(H,6,7,10). The van der Waals surface area contributed by atoms with Crippen molar-refractivity contribution in [2.24, 2.45) is 7.05 Å². The normalized spacial score (nSPS) is 10.9. The summed E-state index contributed by atoms with van der Waals surface area (Å²) in [5.74, 6) is 0. The van der Waals surface area contributed by atoms with E-state index in [9.17, 15) is 4.79 Å². The first kappa shape index (κ1) is 5.28. The highest BCUT2D eigenvalue weighted by atomic mass is 16.1. The minimum absolute atomic E-state index is 0.122. The molecule has 0 spiro atoms. The Morgan fingerprint density at radius 2 is 2.50 bits per heavy atom. The molecule has 0 bridgehead atoms. The quantitative estimate of drug-likeness (QED) is 0.519. The van der Waals surface area contributed by atoms with Crippen LogP contribution in [0.1, 0.15) is 0 Å². The molecule has 0 aromatic carbocycles. The van der Waals surface area contributed by atoms with Gasteiger partial charge in [-0.25, -0.2) is 4.98 Å². The Kier molecular flexibility index (Phi) is 0.791. The Balaban J connectivity index is 2.94. The molecule has 0 aliphatic carbocycles. The fourth-order valence-corrected chi connectivity index (χ4v) is 0.913. The summed E-state index contributed by atoms with van der Waals surface area (Å²) in [6.07, 6.45) is 1.39. The van der Waals surface area contributed by atoms with Crippen molar-refractivity contribution in [1.29, 1.82) is 0 Å². The number of aryl methyl sites for hydroxylation is 1. The van der Waals surface area contributed by atoms with E-state index < -0.39 is 0 Å². The summed E-state index contributed by atoms with van der Waals surface area (Å²) < 4.78 is 1.69. The molecule has 10 heavy (non-hydrogen) atoms. The van der Waals surface area contributed by atoms with E-state index in [4.69, 9.17) is 0 Å². The highest BCUT2D eigenvalue weighted by Gasteiger charge is 2.04. The lowest BCUT2D eigenvalue weighted by atomic mass is 10.5. The number of hydrogen-bond donors (Lipinski definition) is 2. The van der Waals surface area contributed by atoms with Crippen LogP contribution in [0.4, 0.5) is 0 Å². The molecule has 2 aromatic heterocycles. The highest BCUT2D eigenvalue weighted by Crippen LogP contribution is 2.00. The monoisotopic (exact) mass is 138 g/mol. The number of H-pyrrole nitrogens is 2. The van der Waals surface area contributed by atoms with Crippen molar-refractivity contribution in [1.82, 2.24) is 19.7 Å². The first-order valence-corrected chi connectivity index (χ1v) is 2.87. The van der Waals surface area contributed by atoms with E-state index in [2.05, 4.69) is 15.1 Å². The molecule has 2 aromatic rings. The van der Waals surface area contributed by atoms with Crippen LogP contribution >= 0.6 is 0 Å². The van der Waals surface area contributed by atoms with Crippen LogP contribution in [0.15, 0.2) is 11.1 Å². The van der Waals surface area contributed by atoms with Crippen LogP contribution in [0.5, 0.6) is 0 Å². The molecule has 0 amide bonds. The van der Waals surface area contributed by atoms with E-state index in [0.29, 0.717) is 11.2 Å². The van der Waals surface area contributed by atoms with Crippen molar-refractivity contribution < 1.29 is 0 Å². The lowest BCUT2D eigenvalue weighted by molar-refractivity contribution is 0.738. The van der Waals surface area contributed by atoms with E-state index in [0.717, 1.165) is 0 Å². The number of aromatic amines is 2. The Bertz CT molecular complexity index is 406. The van der Waals surface area contributed by atoms with E-state index in [1.807, 2.05) is 0 Å². The molecule has 0 unspecified atom stereocenters. The molecule has 0 atom stereocenters. The number of aromatic nitrogens is 4. The lowest BCUT2D eigenvalue weighted by Crippen LogP contribution is -2.18. The van der Waals surface area contributed by atoms with Gasteiger partial charge in [0.2, 0.25) is 0 Å². The van der Waals surface area contributed by atoms with Gasteiger partial charge in [-0.1, -0.05) is 0 Å². The molecular weight excluding hydrogens is 132 g/mol. The van der Waals surface area contributed by atoms with Crippen molar-refractivity contribution in [3.05, 3.63) is 16.7 Å². The predicted octanol–water partition coefficient (Wildman–Crippen LogP) is -0.410. The average Bonchev–Trinajstić information content (AvgIpc) is 1.91. The second-order valence-corrected chi connectivity index (χ2v) is 2.10. The van der Waals surface area contributed by atoms with Gasteiger partial charge < -0.3 is 4.98 Å². The highest BCUT2D eigenvalue weighted by molar-refractivity contribution is 5.70. The fourth-order valence-electron chi connectivity index (χ4n) is 0.913. The van der Waals surface area contributed by atoms with Crippen molar-refractivity contribution in [3.8, 4) is 0 Å². The number of hydrogen-bond acceptors (Lipinski definition) is 2. The van der Waals surface area contributed by atoms with Gasteiger partial charge >= 0.3 is 0 Å². The van der Waals surface area contributed by atoms with Gasteiger partial charge in [-0.2, -0.15) is 0 Å². The molecular formula is C5H6N4O. The second-order valence-electron chi connectivity index (χ2n) is 2.10. The summed E-state index contributed by atoms with van der Waals surface area (Å²) in [5.41, 5.74) is 1.12. The van der Waals surface area contributed by atoms with Crippen molar-refractivity contribution in [3.63, 3.8) is 0 Å². The van der Waals surface area contributed by atoms with E-state index in [-0.39, 0.29) is 5.56 Å². The van der Waals surface area contributed by atoms with Crippen LogP contribution in [-0.4, -0.2) is 19.7 Å². The number of fused-ring (bicyclic) bond motifs is 1. The summed E-state index contributed by atoms with van der Waals surface area (Å²) in [6, 6.07) is 0. The molecule has 0 radical (unpaired) electrons. The molecule has 0 fully saturated rings. The van der Waals surface area contributed by atoms with Crippen LogP contribution in [-0.2, 0) is 7.05 Å². The minimum atomic E-state index is -0.122. The van der Waals surface area contributed by atoms with Crippen LogP contribution in [0.2, 0.25) is 0 Å². The van der Waals surface area contributed by atoms with Crippen LogP contribution in [0.3, 0.4) is 0 Å². The zero-order chi connectivity index (χ0) is 7.14. The van der Waals surface area contributed by atoms with Crippen molar-refractivity contribution >= 4 is 11.2 Å². The zero-order valence-corrected chi connectivity index (χ0v) is 5.38. The minimum Gasteiger partial charge on any atom is -0.311 e. The van der Waals surface area contributed by atoms with E-state index in [1.165, 1.54) is 6.33 Å². The summed E-state index contributed by atoms with van der Waals surface area (Å²) in [5, 5.41) is 2.78. The Hall–Kier alpha value is -1.52. The largest absolute Gasteiger partial charge is 0.311 e. The predicted molar refractivity (Wildman–Crippen MR) is 35.7 cm³/mol. The summed E-state index contributed by atoms with van der Waals surface area (Å²) in [4.78, 5) is 17.2. The van der Waals surface area contributed by atoms with Gasteiger partial charge in [-0.15, -0.1) is 0 Å². The van der Waals surface area contributed by atoms with Crippen LogP contribution in [0.25, 0.3) is 11.2 Å². The molecule has 2 rings (SSSR count). The number of nitrogens with one attached hydrogen (secondary N) is 2. The topological polar surface area (TPSA) is 66.5 Å². The maximum Gasteiger partial charge on any atom is 0.278 e. The SMILES string of the molecule is Cn1[nH]c2c(=O)[nH]cnc21. The van der Waals surface area contributed by atoms with E-state index in [1.54, 1.807) is 11.7 Å². The maximum absolute atomic E-state index is 10.9. The van der Waals surface area contributed by atoms with Gasteiger partial charge in [0, 0.05) is 7.05 Å². The summed E-state index contributed by atoms with van der Waals surface area (Å²) >= 11 is 0. The number of nitrogens with zero attached hydrogens (tertiary/aromatic N) is 2. The van der Waals surface area contributed by atoms with Gasteiger partial charge in [0.1, 0.15) is 0 Å². The molecule has 0 aliphatic rings. The van der Waals surface area contributed by atoms with Gasteiger partial charge in [-0.05, 0) is 0 Å². The molecule has 2 heterocycles. The Morgan fingerprint density at radius 3 is 3.10 bits per heavy atom. The third-order valence-corrected chi connectivity index (χ3v) is 1.43. The molecule has 0 saturated heterocycles. The Morgan fingerprint density at radius 1 is 1.70 bits per heavy atom. The first-order valence-electron chi connectivity index (χ1n) is 2.87. The third kappa shape index (κ3) is 0.464. The van der Waals surface area contributed by atoms with Crippen molar-refractivity contribution in [2.45, 2.75) is 0 Å². The summed E-state index contributed by atoms with van der Waals surface area (Å²) in [6.45, 7) is 0. The van der Waals surface area contributed by atoms with Crippen LogP contribution in [0, 0.1) is 0 Å². The Labute approximate surface area is 55.7 Å². The van der Waals surface area contributed by atoms with Gasteiger partial charge in [-0.3, -0.25) is 14.6 Å². The second kappa shape index (κ2) is 1.50. The average molecular weight is 138 g/mol. The molecule has 5 nitrogen and oxygen atoms in total. The summed E-state index contributed by atoms with van der Waals surface area (Å²) in [7, 11) is 1.80.